The Labute approximate surface area is 160 Å². The summed E-state index contributed by atoms with van der Waals surface area (Å²) in [7, 11) is 1.54. The number of hydrogen-bond acceptors (Lipinski definition) is 4. The van der Waals surface area contributed by atoms with Gasteiger partial charge in [-0.2, -0.15) is 0 Å². The van der Waals surface area contributed by atoms with E-state index >= 15 is 0 Å². The Morgan fingerprint density at radius 1 is 1.22 bits per heavy atom. The van der Waals surface area contributed by atoms with Gasteiger partial charge in [0.05, 0.1) is 7.11 Å². The number of carbonyl (C=O) groups excluding carboxylic acids is 3. The Hall–Kier alpha value is -2.57. The van der Waals surface area contributed by atoms with E-state index in [-0.39, 0.29) is 12.5 Å². The minimum Gasteiger partial charge on any atom is -0.497 e. The van der Waals surface area contributed by atoms with E-state index in [2.05, 4.69) is 17.6 Å². The summed E-state index contributed by atoms with van der Waals surface area (Å²) in [6.07, 6.45) is 5.93. The molecule has 7 heteroatoms. The van der Waals surface area contributed by atoms with Crippen LogP contribution in [0.25, 0.3) is 0 Å². The van der Waals surface area contributed by atoms with Crippen LogP contribution in [0.2, 0.25) is 0 Å². The Balaban J connectivity index is 1.91. The molecule has 1 fully saturated rings. The molecule has 148 valence electrons. The van der Waals surface area contributed by atoms with Gasteiger partial charge in [0.2, 0.25) is 5.91 Å². The van der Waals surface area contributed by atoms with Crippen LogP contribution in [-0.2, 0) is 9.59 Å². The maximum Gasteiger partial charge on any atom is 0.325 e. The largest absolute Gasteiger partial charge is 0.497 e. The number of nitrogens with one attached hydrogen (secondary N) is 2. The molecule has 1 aromatic carbocycles. The van der Waals surface area contributed by atoms with Gasteiger partial charge in [-0.3, -0.25) is 14.5 Å². The fourth-order valence-electron chi connectivity index (χ4n) is 3.19. The molecule has 0 radical (unpaired) electrons. The lowest BCUT2D eigenvalue weighted by Gasteiger charge is -2.21. The van der Waals surface area contributed by atoms with E-state index in [0.29, 0.717) is 17.9 Å². The van der Waals surface area contributed by atoms with Gasteiger partial charge in [-0.05, 0) is 25.5 Å². The summed E-state index contributed by atoms with van der Waals surface area (Å²) < 4.78 is 5.11. The molecule has 1 heterocycles. The summed E-state index contributed by atoms with van der Waals surface area (Å²) in [5.41, 5.74) is -0.385. The Morgan fingerprint density at radius 2 is 1.96 bits per heavy atom. The second kappa shape index (κ2) is 9.39. The van der Waals surface area contributed by atoms with E-state index in [1.54, 1.807) is 31.2 Å². The average molecular weight is 375 g/mol. The molecule has 0 aromatic heterocycles. The highest BCUT2D eigenvalue weighted by molar-refractivity contribution is 6.09. The average Bonchev–Trinajstić information content (AvgIpc) is 2.85. The van der Waals surface area contributed by atoms with Crippen LogP contribution in [0.15, 0.2) is 24.3 Å². The normalized spacial score (nSPS) is 19.1. The highest BCUT2D eigenvalue weighted by Gasteiger charge is 2.47. The molecule has 0 aliphatic carbocycles. The smallest absolute Gasteiger partial charge is 0.325 e. The Kier molecular flexibility index (Phi) is 7.21. The van der Waals surface area contributed by atoms with E-state index in [4.69, 9.17) is 4.74 Å². The summed E-state index contributed by atoms with van der Waals surface area (Å²) in [6.45, 7) is 3.57. The fraction of sp³-hybridized carbons (Fsp3) is 0.550. The molecule has 0 unspecified atom stereocenters. The monoisotopic (exact) mass is 375 g/mol. The van der Waals surface area contributed by atoms with Crippen molar-refractivity contribution >= 4 is 23.5 Å². The molecular formula is C20H29N3O4. The lowest BCUT2D eigenvalue weighted by Crippen LogP contribution is -2.44. The first kappa shape index (κ1) is 20.7. The summed E-state index contributed by atoms with van der Waals surface area (Å²) in [6, 6.07) is 6.38. The number of unbranched alkanes of at least 4 members (excludes halogenated alkanes) is 4. The molecule has 1 aromatic rings. The predicted octanol–water partition coefficient (Wildman–Crippen LogP) is 3.30. The van der Waals surface area contributed by atoms with Gasteiger partial charge in [0.15, 0.2) is 0 Å². The molecule has 1 aliphatic heterocycles. The number of carbonyl (C=O) groups is 3. The van der Waals surface area contributed by atoms with Crippen molar-refractivity contribution in [1.82, 2.24) is 10.2 Å². The molecule has 2 rings (SSSR count). The third-order valence-electron chi connectivity index (χ3n) is 4.78. The third-order valence-corrected chi connectivity index (χ3v) is 4.78. The van der Waals surface area contributed by atoms with E-state index in [1.165, 1.54) is 13.5 Å². The van der Waals surface area contributed by atoms with Crippen molar-refractivity contribution < 1.29 is 19.1 Å². The Morgan fingerprint density at radius 3 is 2.67 bits per heavy atom. The molecule has 0 saturated carbocycles. The van der Waals surface area contributed by atoms with Crippen LogP contribution in [0.1, 0.15) is 52.4 Å². The number of anilines is 1. The van der Waals surface area contributed by atoms with E-state index < -0.39 is 17.5 Å². The number of urea groups is 1. The van der Waals surface area contributed by atoms with Crippen LogP contribution in [0.5, 0.6) is 5.75 Å². The van der Waals surface area contributed by atoms with Crippen molar-refractivity contribution in [3.8, 4) is 5.75 Å². The zero-order valence-corrected chi connectivity index (χ0v) is 16.3. The predicted molar refractivity (Wildman–Crippen MR) is 104 cm³/mol. The van der Waals surface area contributed by atoms with Crippen molar-refractivity contribution in [3.63, 3.8) is 0 Å². The topological polar surface area (TPSA) is 87.7 Å². The summed E-state index contributed by atoms with van der Waals surface area (Å²) in [5, 5.41) is 5.43. The number of amides is 4. The van der Waals surface area contributed by atoms with Crippen LogP contribution in [0.4, 0.5) is 10.5 Å². The van der Waals surface area contributed by atoms with Crippen LogP contribution in [0, 0.1) is 0 Å². The third kappa shape index (κ3) is 5.45. The molecule has 4 amide bonds. The highest BCUT2D eigenvalue weighted by atomic mass is 16.5. The molecule has 2 N–H and O–H groups in total. The van der Waals surface area contributed by atoms with Gasteiger partial charge in [-0.15, -0.1) is 0 Å². The van der Waals surface area contributed by atoms with Crippen molar-refractivity contribution in [2.75, 3.05) is 19.0 Å². The van der Waals surface area contributed by atoms with Crippen molar-refractivity contribution in [2.45, 2.75) is 57.9 Å². The van der Waals surface area contributed by atoms with Gasteiger partial charge in [0.1, 0.15) is 17.8 Å². The Bertz CT molecular complexity index is 692. The number of nitrogens with zero attached hydrogens (tertiary/aromatic N) is 1. The van der Waals surface area contributed by atoms with E-state index in [0.717, 1.165) is 30.6 Å². The standard InChI is InChI=1S/C20H29N3O4/c1-4-5-6-7-8-12-20(2)18(25)23(19(26)22-20)14-17(24)21-15-10-9-11-16(13-15)27-3/h9-11,13H,4-8,12,14H2,1-3H3,(H,21,24)(H,22,26)/t20-/m1/s1. The number of benzene rings is 1. The van der Waals surface area contributed by atoms with E-state index in [1.807, 2.05) is 0 Å². The first-order valence-electron chi connectivity index (χ1n) is 9.47. The van der Waals surface area contributed by atoms with Gasteiger partial charge in [-0.1, -0.05) is 45.1 Å². The first-order valence-corrected chi connectivity index (χ1v) is 9.47. The van der Waals surface area contributed by atoms with Gasteiger partial charge in [-0.25, -0.2) is 4.79 Å². The lowest BCUT2D eigenvalue weighted by molar-refractivity contribution is -0.133. The molecule has 0 bridgehead atoms. The minimum absolute atomic E-state index is 0.312. The first-order chi connectivity index (χ1) is 12.9. The molecule has 1 saturated heterocycles. The minimum atomic E-state index is -0.931. The van der Waals surface area contributed by atoms with Crippen molar-refractivity contribution in [3.05, 3.63) is 24.3 Å². The second-order valence-corrected chi connectivity index (χ2v) is 7.10. The fourth-order valence-corrected chi connectivity index (χ4v) is 3.19. The van der Waals surface area contributed by atoms with Gasteiger partial charge in [0.25, 0.3) is 5.91 Å². The van der Waals surface area contributed by atoms with Gasteiger partial charge in [0, 0.05) is 11.8 Å². The maximum absolute atomic E-state index is 12.7. The number of rotatable bonds is 10. The maximum atomic E-state index is 12.7. The molecule has 1 atom stereocenters. The quantitative estimate of drug-likeness (QED) is 0.485. The summed E-state index contributed by atoms with van der Waals surface area (Å²) in [5.74, 6) is -0.166. The summed E-state index contributed by atoms with van der Waals surface area (Å²) in [4.78, 5) is 38.2. The zero-order valence-electron chi connectivity index (χ0n) is 16.3. The number of imide groups is 1. The molecule has 27 heavy (non-hydrogen) atoms. The number of hydrogen-bond donors (Lipinski definition) is 2. The molecular weight excluding hydrogens is 346 g/mol. The number of methoxy groups -OCH3 is 1. The zero-order chi connectivity index (χ0) is 19.9. The van der Waals surface area contributed by atoms with Crippen LogP contribution < -0.4 is 15.4 Å². The van der Waals surface area contributed by atoms with E-state index in [9.17, 15) is 14.4 Å². The van der Waals surface area contributed by atoms with Gasteiger partial charge < -0.3 is 15.4 Å². The SMILES string of the molecule is CCCCCCC[C@@]1(C)NC(=O)N(CC(=O)Nc2cccc(OC)c2)C1=O. The molecule has 0 spiro atoms. The van der Waals surface area contributed by atoms with Crippen LogP contribution >= 0.6 is 0 Å². The second-order valence-electron chi connectivity index (χ2n) is 7.10. The van der Waals surface area contributed by atoms with Crippen LogP contribution in [-0.4, -0.2) is 41.9 Å². The highest BCUT2D eigenvalue weighted by Crippen LogP contribution is 2.24. The van der Waals surface area contributed by atoms with Crippen molar-refractivity contribution in [2.24, 2.45) is 0 Å². The molecule has 1 aliphatic rings. The van der Waals surface area contributed by atoms with Crippen molar-refractivity contribution in [1.29, 1.82) is 0 Å². The lowest BCUT2D eigenvalue weighted by atomic mass is 9.94. The van der Waals surface area contributed by atoms with Gasteiger partial charge >= 0.3 is 6.03 Å². The van der Waals surface area contributed by atoms with Crippen LogP contribution in [0.3, 0.4) is 0 Å². The number of ether oxygens (including phenoxy) is 1. The molecule has 7 nitrogen and oxygen atoms in total. The summed E-state index contributed by atoms with van der Waals surface area (Å²) >= 11 is 0.